The van der Waals surface area contributed by atoms with Crippen molar-refractivity contribution in [3.05, 3.63) is 88.6 Å². The first-order chi connectivity index (χ1) is 19.1. The van der Waals surface area contributed by atoms with Crippen molar-refractivity contribution in [3.8, 4) is 0 Å². The molecule has 2 aromatic carbocycles. The lowest BCUT2D eigenvalue weighted by Crippen LogP contribution is -2.38. The van der Waals surface area contributed by atoms with Crippen LogP contribution >= 0.6 is 0 Å². The number of anilines is 1. The highest BCUT2D eigenvalue weighted by Crippen LogP contribution is 2.18. The van der Waals surface area contributed by atoms with E-state index in [1.165, 1.54) is 36.4 Å². The molecule has 1 atom stereocenters. The maximum absolute atomic E-state index is 13.3. The van der Waals surface area contributed by atoms with Crippen LogP contribution in [0.15, 0.2) is 59.0 Å². The van der Waals surface area contributed by atoms with E-state index in [1.54, 1.807) is 25.1 Å². The van der Waals surface area contributed by atoms with E-state index >= 15 is 0 Å². The van der Waals surface area contributed by atoms with E-state index in [0.717, 1.165) is 10.1 Å². The van der Waals surface area contributed by atoms with E-state index in [1.807, 2.05) is 0 Å². The standard InChI is InChI=1S/C26H22N8O6/c1-12-30-16-8-13(2-7-19(16)40-12)11-29-24(36)17-9-18(34-21(31-17)10-20(27)33-34)25(37)32-22(23(28)35)14-3-5-15(6-4-14)26(38)39/h2-10,22H,11H2,1H3,(H2,27,33)(H2,28,35)(H,29,36)(H,32,37)(H,38,39)/t22-/m1/s1. The van der Waals surface area contributed by atoms with Crippen LogP contribution in [0.3, 0.4) is 0 Å². The van der Waals surface area contributed by atoms with Gasteiger partial charge in [-0.2, -0.15) is 0 Å². The highest BCUT2D eigenvalue weighted by atomic mass is 16.4. The second kappa shape index (κ2) is 10.2. The molecule has 14 heteroatoms. The van der Waals surface area contributed by atoms with Crippen molar-refractivity contribution in [1.82, 2.24) is 30.2 Å². The monoisotopic (exact) mass is 542 g/mol. The molecular weight excluding hydrogens is 520 g/mol. The van der Waals surface area contributed by atoms with E-state index in [4.69, 9.17) is 21.0 Å². The largest absolute Gasteiger partial charge is 0.478 e. The summed E-state index contributed by atoms with van der Waals surface area (Å²) >= 11 is 0. The quantitative estimate of drug-likeness (QED) is 0.189. The first kappa shape index (κ1) is 25.8. The van der Waals surface area contributed by atoms with Crippen molar-refractivity contribution < 1.29 is 28.7 Å². The van der Waals surface area contributed by atoms with Gasteiger partial charge in [-0.05, 0) is 35.4 Å². The van der Waals surface area contributed by atoms with Gasteiger partial charge in [0.2, 0.25) is 5.91 Å². The lowest BCUT2D eigenvalue weighted by Gasteiger charge is -2.17. The fourth-order valence-corrected chi connectivity index (χ4v) is 4.08. The van der Waals surface area contributed by atoms with Crippen LogP contribution in [-0.4, -0.2) is 48.4 Å². The Kier molecular flexibility index (Phi) is 6.57. The van der Waals surface area contributed by atoms with E-state index in [9.17, 15) is 19.2 Å². The summed E-state index contributed by atoms with van der Waals surface area (Å²) in [6.45, 7) is 1.88. The topological polar surface area (TPSA) is 221 Å². The molecular formula is C26H22N8O6. The lowest BCUT2D eigenvalue weighted by molar-refractivity contribution is -0.120. The molecule has 0 bridgehead atoms. The number of hydrogen-bond acceptors (Lipinski definition) is 9. The predicted molar refractivity (Wildman–Crippen MR) is 140 cm³/mol. The number of benzene rings is 2. The van der Waals surface area contributed by atoms with E-state index < -0.39 is 29.7 Å². The molecule has 0 radical (unpaired) electrons. The van der Waals surface area contributed by atoms with E-state index in [2.05, 4.69) is 25.7 Å². The van der Waals surface area contributed by atoms with Gasteiger partial charge in [-0.1, -0.05) is 18.2 Å². The minimum absolute atomic E-state index is 0.00660. The fourth-order valence-electron chi connectivity index (χ4n) is 4.08. The van der Waals surface area contributed by atoms with Gasteiger partial charge in [0, 0.05) is 25.6 Å². The Balaban J connectivity index is 1.40. The number of carboxylic acid groups (broad SMARTS) is 1. The van der Waals surface area contributed by atoms with Crippen LogP contribution in [0.5, 0.6) is 0 Å². The summed E-state index contributed by atoms with van der Waals surface area (Å²) in [6, 6.07) is 11.9. The first-order valence-electron chi connectivity index (χ1n) is 11.8. The van der Waals surface area contributed by atoms with Gasteiger partial charge in [0.05, 0.1) is 5.56 Å². The first-order valence-corrected chi connectivity index (χ1v) is 11.8. The molecule has 0 saturated carbocycles. The SMILES string of the molecule is Cc1nc2cc(CNC(=O)c3cc(C(=O)N[C@@H](C(N)=O)c4ccc(C(=O)O)cc4)n4nc(N)cc4n3)ccc2o1. The molecule has 3 aromatic heterocycles. The minimum Gasteiger partial charge on any atom is -0.478 e. The van der Waals surface area contributed by atoms with Crippen LogP contribution in [0.2, 0.25) is 0 Å². The number of amides is 3. The number of hydrogen-bond donors (Lipinski definition) is 5. The number of nitrogens with zero attached hydrogens (tertiary/aromatic N) is 4. The summed E-state index contributed by atoms with van der Waals surface area (Å²) in [6.07, 6.45) is 0. The third kappa shape index (κ3) is 5.13. The van der Waals surface area contributed by atoms with Crippen LogP contribution in [0, 0.1) is 6.92 Å². The third-order valence-corrected chi connectivity index (χ3v) is 5.97. The van der Waals surface area contributed by atoms with Gasteiger partial charge >= 0.3 is 5.97 Å². The normalized spacial score (nSPS) is 11.8. The molecule has 0 aliphatic carbocycles. The Bertz CT molecular complexity index is 1810. The van der Waals surface area contributed by atoms with Crippen molar-refractivity contribution in [3.63, 3.8) is 0 Å². The van der Waals surface area contributed by atoms with Crippen molar-refractivity contribution >= 4 is 46.3 Å². The number of nitrogens with two attached hydrogens (primary N) is 2. The summed E-state index contributed by atoms with van der Waals surface area (Å²) in [5, 5.41) is 18.4. The molecule has 3 amide bonds. The minimum atomic E-state index is -1.31. The highest BCUT2D eigenvalue weighted by molar-refractivity contribution is 6.00. The van der Waals surface area contributed by atoms with Crippen molar-refractivity contribution in [2.24, 2.45) is 5.73 Å². The van der Waals surface area contributed by atoms with Crippen LogP contribution in [-0.2, 0) is 11.3 Å². The molecule has 0 saturated heterocycles. The molecule has 0 aliphatic heterocycles. The molecule has 0 fully saturated rings. The van der Waals surface area contributed by atoms with Gasteiger partial charge in [-0.25, -0.2) is 19.3 Å². The summed E-state index contributed by atoms with van der Waals surface area (Å²) < 4.78 is 6.60. The summed E-state index contributed by atoms with van der Waals surface area (Å²) in [5.74, 6) is -2.85. The second-order valence-electron chi connectivity index (χ2n) is 8.82. The Morgan fingerprint density at radius 2 is 1.77 bits per heavy atom. The molecule has 0 aliphatic rings. The molecule has 14 nitrogen and oxygen atoms in total. The van der Waals surface area contributed by atoms with Crippen LogP contribution in [0.1, 0.15) is 54.4 Å². The second-order valence-corrected chi connectivity index (χ2v) is 8.82. The van der Waals surface area contributed by atoms with Gasteiger partial charge < -0.3 is 31.6 Å². The Labute approximate surface area is 225 Å². The Hall–Kier alpha value is -5.79. The number of rotatable bonds is 8. The molecule has 0 unspecified atom stereocenters. The molecule has 5 rings (SSSR count). The zero-order valence-corrected chi connectivity index (χ0v) is 20.9. The number of oxazole rings is 1. The number of nitrogens with one attached hydrogen (secondary N) is 2. The van der Waals surface area contributed by atoms with Crippen LogP contribution in [0.4, 0.5) is 5.82 Å². The molecule has 0 spiro atoms. The number of carbonyl (C=O) groups excluding carboxylic acids is 3. The molecule has 3 heterocycles. The molecule has 202 valence electrons. The molecule has 5 aromatic rings. The van der Waals surface area contributed by atoms with Crippen molar-refractivity contribution in [2.45, 2.75) is 19.5 Å². The number of nitrogen functional groups attached to an aromatic ring is 1. The lowest BCUT2D eigenvalue weighted by atomic mass is 10.0. The average Bonchev–Trinajstić information content (AvgIpc) is 3.49. The van der Waals surface area contributed by atoms with E-state index in [0.29, 0.717) is 17.0 Å². The number of primary amides is 1. The van der Waals surface area contributed by atoms with E-state index in [-0.39, 0.29) is 40.5 Å². The summed E-state index contributed by atoms with van der Waals surface area (Å²) in [4.78, 5) is 58.2. The zero-order valence-electron chi connectivity index (χ0n) is 20.9. The zero-order chi connectivity index (χ0) is 28.6. The number of aromatic carboxylic acids is 1. The fraction of sp³-hybridized carbons (Fsp3) is 0.115. The summed E-state index contributed by atoms with van der Waals surface area (Å²) in [5.41, 5.74) is 13.5. The number of aryl methyl sites for hydroxylation is 1. The Morgan fingerprint density at radius 3 is 2.48 bits per heavy atom. The maximum Gasteiger partial charge on any atom is 0.335 e. The van der Waals surface area contributed by atoms with Crippen LogP contribution in [0.25, 0.3) is 16.7 Å². The predicted octanol–water partition coefficient (Wildman–Crippen LogP) is 1.35. The third-order valence-electron chi connectivity index (χ3n) is 5.97. The number of aromatic nitrogens is 4. The number of fused-ring (bicyclic) bond motifs is 2. The van der Waals surface area contributed by atoms with Gasteiger partial charge in [0.1, 0.15) is 28.8 Å². The van der Waals surface area contributed by atoms with Gasteiger partial charge in [0.15, 0.2) is 17.1 Å². The average molecular weight is 543 g/mol. The van der Waals surface area contributed by atoms with Crippen molar-refractivity contribution in [1.29, 1.82) is 0 Å². The smallest absolute Gasteiger partial charge is 0.335 e. The molecule has 7 N–H and O–H groups in total. The van der Waals surface area contributed by atoms with Gasteiger partial charge in [0.25, 0.3) is 11.8 Å². The van der Waals surface area contributed by atoms with Crippen LogP contribution < -0.4 is 22.1 Å². The van der Waals surface area contributed by atoms with Gasteiger partial charge in [-0.3, -0.25) is 14.4 Å². The number of carboxylic acids is 1. The summed E-state index contributed by atoms with van der Waals surface area (Å²) in [7, 11) is 0. The Morgan fingerprint density at radius 1 is 1.02 bits per heavy atom. The van der Waals surface area contributed by atoms with Gasteiger partial charge in [-0.15, -0.1) is 5.10 Å². The maximum atomic E-state index is 13.3. The number of carbonyl (C=O) groups is 4. The molecule has 40 heavy (non-hydrogen) atoms. The highest BCUT2D eigenvalue weighted by Gasteiger charge is 2.25. The van der Waals surface area contributed by atoms with Crippen molar-refractivity contribution in [2.75, 3.05) is 5.73 Å².